The minimum atomic E-state index is -0.784. The van der Waals surface area contributed by atoms with Crippen molar-refractivity contribution in [1.29, 1.82) is 0 Å². The van der Waals surface area contributed by atoms with Gasteiger partial charge in [0.2, 0.25) is 0 Å². The lowest BCUT2D eigenvalue weighted by molar-refractivity contribution is -0.140. The molecule has 0 saturated heterocycles. The van der Waals surface area contributed by atoms with Gasteiger partial charge in [-0.2, -0.15) is 0 Å². The molecule has 1 rings (SSSR count). The topological polar surface area (TPSA) is 49.8 Å². The first-order valence-corrected chi connectivity index (χ1v) is 7.18. The molecular weight excluding hydrogens is 254 g/mol. The third-order valence-corrected chi connectivity index (χ3v) is 3.74. The van der Waals surface area contributed by atoms with Crippen molar-refractivity contribution in [2.24, 2.45) is 0 Å². The first-order valence-electron chi connectivity index (χ1n) is 7.18. The molecule has 112 valence electrons. The quantitative estimate of drug-likeness (QED) is 0.794. The summed E-state index contributed by atoms with van der Waals surface area (Å²) in [7, 11) is 0. The Labute approximate surface area is 121 Å². The van der Waals surface area contributed by atoms with E-state index in [2.05, 4.69) is 18.7 Å². The molecule has 20 heavy (non-hydrogen) atoms. The summed E-state index contributed by atoms with van der Waals surface area (Å²) < 4.78 is 5.44. The highest BCUT2D eigenvalue weighted by atomic mass is 16.5. The first kappa shape index (κ1) is 16.5. The Morgan fingerprint density at radius 3 is 2.15 bits per heavy atom. The van der Waals surface area contributed by atoms with Gasteiger partial charge in [-0.1, -0.05) is 26.0 Å². The Morgan fingerprint density at radius 2 is 1.75 bits per heavy atom. The number of carbonyl (C=O) groups is 1. The number of carboxylic acid groups (broad SMARTS) is 1. The molecule has 1 N–H and O–H groups in total. The Bertz CT molecular complexity index is 426. The molecule has 1 unspecified atom stereocenters. The fourth-order valence-corrected chi connectivity index (χ4v) is 2.69. The molecule has 0 bridgehead atoms. The summed E-state index contributed by atoms with van der Waals surface area (Å²) in [6, 6.07) is 7.74. The van der Waals surface area contributed by atoms with Crippen molar-refractivity contribution in [3.63, 3.8) is 0 Å². The van der Waals surface area contributed by atoms with Crippen LogP contribution in [0.2, 0.25) is 0 Å². The predicted molar refractivity (Wildman–Crippen MR) is 80.1 cm³/mol. The second-order valence-electron chi connectivity index (χ2n) is 4.97. The number of benzene rings is 1. The molecule has 1 aromatic rings. The summed E-state index contributed by atoms with van der Waals surface area (Å²) in [4.78, 5) is 13.4. The summed E-state index contributed by atoms with van der Waals surface area (Å²) in [5.74, 6) is 0.0294. The van der Waals surface area contributed by atoms with Crippen LogP contribution >= 0.6 is 0 Å². The molecule has 0 aromatic heterocycles. The molecule has 0 spiro atoms. The zero-order valence-corrected chi connectivity index (χ0v) is 12.8. The molecule has 0 heterocycles. The van der Waals surface area contributed by atoms with Gasteiger partial charge in [0.05, 0.1) is 18.6 Å². The van der Waals surface area contributed by atoms with Gasteiger partial charge in [0.15, 0.2) is 0 Å². The van der Waals surface area contributed by atoms with Gasteiger partial charge >= 0.3 is 5.97 Å². The van der Waals surface area contributed by atoms with Crippen LogP contribution in [0.25, 0.3) is 0 Å². The van der Waals surface area contributed by atoms with E-state index < -0.39 is 11.5 Å². The fourth-order valence-electron chi connectivity index (χ4n) is 2.69. The van der Waals surface area contributed by atoms with Gasteiger partial charge in [-0.15, -0.1) is 0 Å². The Morgan fingerprint density at radius 1 is 1.20 bits per heavy atom. The van der Waals surface area contributed by atoms with Crippen LogP contribution in [0.3, 0.4) is 0 Å². The van der Waals surface area contributed by atoms with Crippen molar-refractivity contribution in [1.82, 2.24) is 4.90 Å². The van der Waals surface area contributed by atoms with E-state index in [9.17, 15) is 9.90 Å². The zero-order chi connectivity index (χ0) is 15.2. The summed E-state index contributed by atoms with van der Waals surface area (Å²) in [6.07, 6.45) is 0.0860. The Hall–Kier alpha value is -1.55. The minimum absolute atomic E-state index is 0.0860. The number of ether oxygens (including phenoxy) is 1. The third-order valence-electron chi connectivity index (χ3n) is 3.74. The van der Waals surface area contributed by atoms with E-state index in [0.717, 1.165) is 24.4 Å². The normalized spacial score (nSPS) is 14.1. The SMILES string of the molecule is CCOc1ccc(C(C)(CC(=O)O)N(CC)CC)cc1. The molecular formula is C16H25NO3. The van der Waals surface area contributed by atoms with Crippen molar-refractivity contribution in [3.8, 4) is 5.75 Å². The van der Waals surface area contributed by atoms with E-state index in [4.69, 9.17) is 4.74 Å². The molecule has 4 heteroatoms. The maximum absolute atomic E-state index is 11.2. The molecule has 0 saturated carbocycles. The molecule has 1 atom stereocenters. The standard InChI is InChI=1S/C16H25NO3/c1-5-17(6-2)16(4,12-15(18)19)13-8-10-14(11-9-13)20-7-3/h8-11H,5-7,12H2,1-4H3,(H,18,19). The number of rotatable bonds is 8. The zero-order valence-electron chi connectivity index (χ0n) is 12.8. The van der Waals surface area contributed by atoms with Crippen molar-refractivity contribution in [2.45, 2.75) is 39.7 Å². The lowest BCUT2D eigenvalue weighted by Gasteiger charge is -2.40. The van der Waals surface area contributed by atoms with Gasteiger partial charge in [-0.3, -0.25) is 9.69 Å². The number of carboxylic acids is 1. The lowest BCUT2D eigenvalue weighted by atomic mass is 9.86. The van der Waals surface area contributed by atoms with Gasteiger partial charge in [0, 0.05) is 0 Å². The molecule has 4 nitrogen and oxygen atoms in total. The molecule has 0 aliphatic rings. The number of nitrogens with zero attached hydrogens (tertiary/aromatic N) is 1. The molecule has 0 fully saturated rings. The van der Waals surface area contributed by atoms with E-state index in [0.29, 0.717) is 6.61 Å². The third kappa shape index (κ3) is 3.73. The largest absolute Gasteiger partial charge is 0.494 e. The van der Waals surface area contributed by atoms with Crippen LogP contribution in [-0.2, 0) is 10.3 Å². The van der Waals surface area contributed by atoms with E-state index in [1.165, 1.54) is 0 Å². The highest BCUT2D eigenvalue weighted by molar-refractivity contribution is 5.69. The summed E-state index contributed by atoms with van der Waals surface area (Å²) in [6.45, 7) is 10.3. The predicted octanol–water partition coefficient (Wildman–Crippen LogP) is 3.12. The van der Waals surface area contributed by atoms with Crippen molar-refractivity contribution >= 4 is 5.97 Å². The molecule has 0 radical (unpaired) electrons. The van der Waals surface area contributed by atoms with Gasteiger partial charge in [-0.05, 0) is 44.6 Å². The van der Waals surface area contributed by atoms with Crippen LogP contribution in [0.4, 0.5) is 0 Å². The monoisotopic (exact) mass is 279 g/mol. The van der Waals surface area contributed by atoms with Crippen LogP contribution in [-0.4, -0.2) is 35.7 Å². The second-order valence-corrected chi connectivity index (χ2v) is 4.97. The van der Waals surface area contributed by atoms with Crippen molar-refractivity contribution < 1.29 is 14.6 Å². The molecule has 0 aliphatic heterocycles. The van der Waals surface area contributed by atoms with Gasteiger partial charge in [0.25, 0.3) is 0 Å². The van der Waals surface area contributed by atoms with Gasteiger partial charge in [-0.25, -0.2) is 0 Å². The van der Waals surface area contributed by atoms with E-state index in [-0.39, 0.29) is 6.42 Å². The Balaban J connectivity index is 3.12. The van der Waals surface area contributed by atoms with Gasteiger partial charge in [0.1, 0.15) is 5.75 Å². The van der Waals surface area contributed by atoms with Crippen LogP contribution < -0.4 is 4.74 Å². The highest BCUT2D eigenvalue weighted by Gasteiger charge is 2.34. The lowest BCUT2D eigenvalue weighted by Crippen LogP contribution is -2.45. The highest BCUT2D eigenvalue weighted by Crippen LogP contribution is 2.32. The summed E-state index contributed by atoms with van der Waals surface area (Å²) in [5.41, 5.74) is 0.507. The van der Waals surface area contributed by atoms with Crippen molar-refractivity contribution in [2.75, 3.05) is 19.7 Å². The Kier molecular flexibility index (Phi) is 6.02. The molecule has 1 aromatic carbocycles. The smallest absolute Gasteiger partial charge is 0.305 e. The van der Waals surface area contributed by atoms with E-state index >= 15 is 0 Å². The number of aliphatic carboxylic acids is 1. The maximum atomic E-state index is 11.2. The average molecular weight is 279 g/mol. The van der Waals surface area contributed by atoms with Crippen LogP contribution in [0.5, 0.6) is 5.75 Å². The van der Waals surface area contributed by atoms with Crippen LogP contribution in [0.15, 0.2) is 24.3 Å². The van der Waals surface area contributed by atoms with E-state index in [1.54, 1.807) is 0 Å². The number of hydrogen-bond acceptors (Lipinski definition) is 3. The average Bonchev–Trinajstić information content (AvgIpc) is 2.40. The maximum Gasteiger partial charge on any atom is 0.305 e. The number of hydrogen-bond donors (Lipinski definition) is 1. The minimum Gasteiger partial charge on any atom is -0.494 e. The molecule has 0 amide bonds. The van der Waals surface area contributed by atoms with Crippen molar-refractivity contribution in [3.05, 3.63) is 29.8 Å². The van der Waals surface area contributed by atoms with Crippen LogP contribution in [0.1, 0.15) is 39.7 Å². The van der Waals surface area contributed by atoms with Crippen LogP contribution in [0, 0.1) is 0 Å². The van der Waals surface area contributed by atoms with E-state index in [1.807, 2.05) is 38.1 Å². The summed E-state index contributed by atoms with van der Waals surface area (Å²) >= 11 is 0. The van der Waals surface area contributed by atoms with Gasteiger partial charge < -0.3 is 9.84 Å². The second kappa shape index (κ2) is 7.29. The summed E-state index contributed by atoms with van der Waals surface area (Å²) in [5, 5.41) is 9.24. The first-order chi connectivity index (χ1) is 9.47. The fraction of sp³-hybridized carbons (Fsp3) is 0.562. The molecule has 0 aliphatic carbocycles.